The molecule has 1 heterocycles. The van der Waals surface area contributed by atoms with E-state index < -0.39 is 0 Å². The Labute approximate surface area is 102 Å². The molecule has 0 aliphatic rings. The number of nitrogens with zero attached hydrogens (tertiary/aromatic N) is 1. The molecule has 0 saturated carbocycles. The van der Waals surface area contributed by atoms with E-state index in [-0.39, 0.29) is 0 Å². The number of thioether (sulfide) groups is 1. The Kier molecular flexibility index (Phi) is 6.45. The maximum atomic E-state index is 4.96. The van der Waals surface area contributed by atoms with E-state index in [0.717, 1.165) is 24.7 Å². The molecule has 0 amide bonds. The average molecular weight is 240 g/mol. The van der Waals surface area contributed by atoms with Crippen molar-refractivity contribution < 1.29 is 4.74 Å². The second-order valence-corrected chi connectivity index (χ2v) is 5.44. The molecule has 0 unspecified atom stereocenters. The molecule has 0 radical (unpaired) electrons. The summed E-state index contributed by atoms with van der Waals surface area (Å²) in [5.74, 6) is 0. The van der Waals surface area contributed by atoms with Crippen LogP contribution in [0.5, 0.6) is 0 Å². The molecule has 0 saturated heterocycles. The number of hydrogen-bond acceptors (Lipinski definition) is 4. The number of pyridine rings is 1. The lowest BCUT2D eigenvalue weighted by molar-refractivity contribution is 0.199. The van der Waals surface area contributed by atoms with Crippen LogP contribution in [0.4, 0.5) is 0 Å². The van der Waals surface area contributed by atoms with E-state index in [9.17, 15) is 0 Å². The van der Waals surface area contributed by atoms with E-state index in [1.165, 1.54) is 5.56 Å². The molecule has 4 heteroatoms. The van der Waals surface area contributed by atoms with Gasteiger partial charge in [0.2, 0.25) is 0 Å². The summed E-state index contributed by atoms with van der Waals surface area (Å²) >= 11 is 1.79. The SMILES string of the molecule is COCCNCc1ccc(SC(C)C)nc1. The number of hydrogen-bond donors (Lipinski definition) is 1. The smallest absolute Gasteiger partial charge is 0.0962 e. The molecule has 0 aromatic carbocycles. The molecule has 16 heavy (non-hydrogen) atoms. The number of nitrogens with one attached hydrogen (secondary N) is 1. The summed E-state index contributed by atoms with van der Waals surface area (Å²) in [6.07, 6.45) is 1.94. The van der Waals surface area contributed by atoms with E-state index in [1.54, 1.807) is 18.9 Å². The van der Waals surface area contributed by atoms with Crippen molar-refractivity contribution in [2.24, 2.45) is 0 Å². The van der Waals surface area contributed by atoms with Crippen molar-refractivity contribution >= 4 is 11.8 Å². The van der Waals surface area contributed by atoms with Crippen molar-refractivity contribution in [3.63, 3.8) is 0 Å². The third kappa shape index (κ3) is 5.49. The van der Waals surface area contributed by atoms with Gasteiger partial charge in [0.1, 0.15) is 0 Å². The number of methoxy groups -OCH3 is 1. The molecule has 1 aromatic heterocycles. The highest BCUT2D eigenvalue weighted by molar-refractivity contribution is 7.99. The third-order valence-electron chi connectivity index (χ3n) is 1.97. The molecule has 1 N–H and O–H groups in total. The largest absolute Gasteiger partial charge is 0.383 e. The first-order valence-corrected chi connectivity index (χ1v) is 6.41. The fraction of sp³-hybridized carbons (Fsp3) is 0.583. The van der Waals surface area contributed by atoms with E-state index in [4.69, 9.17) is 4.74 Å². The highest BCUT2D eigenvalue weighted by Gasteiger charge is 1.99. The van der Waals surface area contributed by atoms with Gasteiger partial charge >= 0.3 is 0 Å². The number of ether oxygens (including phenoxy) is 1. The first-order valence-electron chi connectivity index (χ1n) is 5.53. The van der Waals surface area contributed by atoms with Crippen LogP contribution in [-0.4, -0.2) is 30.5 Å². The summed E-state index contributed by atoms with van der Waals surface area (Å²) < 4.78 is 4.96. The van der Waals surface area contributed by atoms with Crippen molar-refractivity contribution in [1.82, 2.24) is 10.3 Å². The van der Waals surface area contributed by atoms with Gasteiger partial charge in [0, 0.05) is 31.6 Å². The minimum Gasteiger partial charge on any atom is -0.383 e. The second kappa shape index (κ2) is 7.65. The van der Waals surface area contributed by atoms with Gasteiger partial charge in [-0.3, -0.25) is 0 Å². The van der Waals surface area contributed by atoms with Gasteiger partial charge in [-0.15, -0.1) is 11.8 Å². The Morgan fingerprint density at radius 3 is 2.81 bits per heavy atom. The third-order valence-corrected chi connectivity index (χ3v) is 2.92. The van der Waals surface area contributed by atoms with Gasteiger partial charge in [0.25, 0.3) is 0 Å². The fourth-order valence-corrected chi connectivity index (χ4v) is 1.98. The van der Waals surface area contributed by atoms with Gasteiger partial charge in [-0.25, -0.2) is 4.98 Å². The fourth-order valence-electron chi connectivity index (χ4n) is 1.23. The molecule has 1 aromatic rings. The summed E-state index contributed by atoms with van der Waals surface area (Å²) in [5, 5.41) is 4.97. The first kappa shape index (κ1) is 13.5. The van der Waals surface area contributed by atoms with E-state index in [0.29, 0.717) is 5.25 Å². The van der Waals surface area contributed by atoms with Crippen molar-refractivity contribution in [2.45, 2.75) is 30.7 Å². The van der Waals surface area contributed by atoms with Gasteiger partial charge in [0.15, 0.2) is 0 Å². The quantitative estimate of drug-likeness (QED) is 0.586. The lowest BCUT2D eigenvalue weighted by Gasteiger charge is -2.06. The monoisotopic (exact) mass is 240 g/mol. The zero-order valence-corrected chi connectivity index (χ0v) is 11.0. The van der Waals surface area contributed by atoms with Crippen LogP contribution in [0.2, 0.25) is 0 Å². The Balaban J connectivity index is 2.33. The van der Waals surface area contributed by atoms with Crippen LogP contribution in [0.25, 0.3) is 0 Å². The summed E-state index contributed by atoms with van der Waals surface area (Å²) in [6, 6.07) is 4.20. The van der Waals surface area contributed by atoms with Crippen LogP contribution in [-0.2, 0) is 11.3 Å². The van der Waals surface area contributed by atoms with E-state index in [1.807, 2.05) is 6.20 Å². The standard InChI is InChI=1S/C12H20N2OS/c1-10(2)16-12-5-4-11(9-14-12)8-13-6-7-15-3/h4-5,9-10,13H,6-8H2,1-3H3. The average Bonchev–Trinajstić information content (AvgIpc) is 2.26. The Hall–Kier alpha value is -0.580. The first-order chi connectivity index (χ1) is 7.72. The molecule has 0 bridgehead atoms. The highest BCUT2D eigenvalue weighted by Crippen LogP contribution is 2.20. The van der Waals surface area contributed by atoms with Crippen LogP contribution in [0.3, 0.4) is 0 Å². The minimum absolute atomic E-state index is 0.582. The Morgan fingerprint density at radius 1 is 1.44 bits per heavy atom. The molecule has 1 rings (SSSR count). The Morgan fingerprint density at radius 2 is 2.25 bits per heavy atom. The van der Waals surface area contributed by atoms with Crippen LogP contribution in [0, 0.1) is 0 Å². The topological polar surface area (TPSA) is 34.1 Å². The molecule has 0 atom stereocenters. The predicted octanol–water partition coefficient (Wildman–Crippen LogP) is 2.32. The van der Waals surface area contributed by atoms with Gasteiger partial charge in [0.05, 0.1) is 11.6 Å². The lowest BCUT2D eigenvalue weighted by Crippen LogP contribution is -2.18. The summed E-state index contributed by atoms with van der Waals surface area (Å²) in [5.41, 5.74) is 1.21. The summed E-state index contributed by atoms with van der Waals surface area (Å²) in [6.45, 7) is 6.82. The normalized spacial score (nSPS) is 11.0. The van der Waals surface area contributed by atoms with Crippen molar-refractivity contribution in [2.75, 3.05) is 20.3 Å². The molecule has 0 fully saturated rings. The second-order valence-electron chi connectivity index (χ2n) is 3.84. The minimum atomic E-state index is 0.582. The van der Waals surface area contributed by atoms with Crippen LogP contribution in [0.1, 0.15) is 19.4 Å². The van der Waals surface area contributed by atoms with Crippen molar-refractivity contribution in [3.8, 4) is 0 Å². The van der Waals surface area contributed by atoms with Crippen molar-refractivity contribution in [1.29, 1.82) is 0 Å². The maximum Gasteiger partial charge on any atom is 0.0962 e. The zero-order chi connectivity index (χ0) is 11.8. The maximum absolute atomic E-state index is 4.96. The van der Waals surface area contributed by atoms with Crippen LogP contribution >= 0.6 is 11.8 Å². The zero-order valence-electron chi connectivity index (χ0n) is 10.2. The summed E-state index contributed by atoms with van der Waals surface area (Å²) in [7, 11) is 1.71. The van der Waals surface area contributed by atoms with Gasteiger partial charge < -0.3 is 10.1 Å². The number of rotatable bonds is 7. The van der Waals surface area contributed by atoms with Gasteiger partial charge in [-0.2, -0.15) is 0 Å². The molecule has 0 aliphatic heterocycles. The predicted molar refractivity (Wildman–Crippen MR) is 68.8 cm³/mol. The van der Waals surface area contributed by atoms with E-state index in [2.05, 4.69) is 36.3 Å². The summed E-state index contributed by atoms with van der Waals surface area (Å²) in [4.78, 5) is 4.41. The molecule has 90 valence electrons. The molecule has 0 aliphatic carbocycles. The Bertz CT molecular complexity index is 288. The molecule has 0 spiro atoms. The lowest BCUT2D eigenvalue weighted by atomic mass is 10.3. The van der Waals surface area contributed by atoms with E-state index >= 15 is 0 Å². The van der Waals surface area contributed by atoms with Gasteiger partial charge in [-0.1, -0.05) is 19.9 Å². The molecular weight excluding hydrogens is 220 g/mol. The highest BCUT2D eigenvalue weighted by atomic mass is 32.2. The molecule has 3 nitrogen and oxygen atoms in total. The van der Waals surface area contributed by atoms with Crippen molar-refractivity contribution in [3.05, 3.63) is 23.9 Å². The molecular formula is C12H20N2OS. The van der Waals surface area contributed by atoms with Gasteiger partial charge in [-0.05, 0) is 11.6 Å². The van der Waals surface area contributed by atoms with Crippen LogP contribution in [0.15, 0.2) is 23.4 Å². The van der Waals surface area contributed by atoms with Crippen LogP contribution < -0.4 is 5.32 Å². The number of aromatic nitrogens is 1.